The fraction of sp³-hybridized carbons (Fsp3) is 0.0769. The molecule has 0 spiro atoms. The zero-order valence-electron chi connectivity index (χ0n) is 9.09. The van der Waals surface area contributed by atoms with Crippen molar-refractivity contribution in [1.82, 2.24) is 0 Å². The molecule has 0 atom stereocenters. The maximum atomic E-state index is 12.9. The van der Waals surface area contributed by atoms with E-state index in [1.54, 1.807) is 24.3 Å². The molecule has 0 aliphatic heterocycles. The molecule has 2 rings (SSSR count). The van der Waals surface area contributed by atoms with E-state index in [0.29, 0.717) is 20.3 Å². The molecule has 0 unspecified atom stereocenters. The lowest BCUT2D eigenvalue weighted by Gasteiger charge is -2.09. The Balaban J connectivity index is 2.13. The van der Waals surface area contributed by atoms with Crippen LogP contribution in [0.5, 0.6) is 5.75 Å². The summed E-state index contributed by atoms with van der Waals surface area (Å²) in [6, 6.07) is 9.39. The summed E-state index contributed by atoms with van der Waals surface area (Å²) in [5.74, 6) is 0.224. The number of benzene rings is 2. The Hall–Kier alpha value is -0.770. The van der Waals surface area contributed by atoms with Crippen molar-refractivity contribution in [3.8, 4) is 5.75 Å². The SMILES string of the molecule is Fc1ccc(OCc2cc(Cl)ccc2Cl)c(Br)c1. The highest BCUT2D eigenvalue weighted by Gasteiger charge is 2.06. The highest BCUT2D eigenvalue weighted by molar-refractivity contribution is 9.10. The van der Waals surface area contributed by atoms with Gasteiger partial charge in [0.2, 0.25) is 0 Å². The average Bonchev–Trinajstić information content (AvgIpc) is 2.32. The number of ether oxygens (including phenoxy) is 1. The van der Waals surface area contributed by atoms with Gasteiger partial charge in [0.05, 0.1) is 4.47 Å². The third-order valence-electron chi connectivity index (χ3n) is 2.28. The van der Waals surface area contributed by atoms with E-state index in [-0.39, 0.29) is 12.4 Å². The van der Waals surface area contributed by atoms with Crippen molar-refractivity contribution in [3.63, 3.8) is 0 Å². The Morgan fingerprint density at radius 1 is 1.11 bits per heavy atom. The minimum absolute atomic E-state index is 0.267. The fourth-order valence-corrected chi connectivity index (χ4v) is 2.23. The maximum Gasteiger partial charge on any atom is 0.134 e. The van der Waals surface area contributed by atoms with Gasteiger partial charge in [-0.2, -0.15) is 0 Å². The van der Waals surface area contributed by atoms with Crippen molar-refractivity contribution >= 4 is 39.1 Å². The van der Waals surface area contributed by atoms with Gasteiger partial charge >= 0.3 is 0 Å². The second-order valence-corrected chi connectivity index (χ2v) is 5.30. The zero-order chi connectivity index (χ0) is 13.1. The van der Waals surface area contributed by atoms with Gasteiger partial charge < -0.3 is 4.74 Å². The first kappa shape index (κ1) is 13.7. The average molecular weight is 350 g/mol. The highest BCUT2D eigenvalue weighted by atomic mass is 79.9. The van der Waals surface area contributed by atoms with Crippen molar-refractivity contribution in [3.05, 3.63) is 62.3 Å². The molecule has 0 aliphatic carbocycles. The lowest BCUT2D eigenvalue weighted by atomic mass is 10.2. The van der Waals surface area contributed by atoms with E-state index >= 15 is 0 Å². The van der Waals surface area contributed by atoms with Crippen molar-refractivity contribution in [2.24, 2.45) is 0 Å². The molecular weight excluding hydrogens is 342 g/mol. The van der Waals surface area contributed by atoms with Gasteiger partial charge in [0.25, 0.3) is 0 Å². The lowest BCUT2D eigenvalue weighted by molar-refractivity contribution is 0.304. The van der Waals surface area contributed by atoms with Crippen LogP contribution in [0.1, 0.15) is 5.56 Å². The zero-order valence-corrected chi connectivity index (χ0v) is 12.2. The molecule has 0 radical (unpaired) electrons. The van der Waals surface area contributed by atoms with E-state index in [2.05, 4.69) is 15.9 Å². The van der Waals surface area contributed by atoms with Crippen molar-refractivity contribution in [1.29, 1.82) is 0 Å². The molecule has 2 aromatic carbocycles. The van der Waals surface area contributed by atoms with Crippen molar-refractivity contribution < 1.29 is 9.13 Å². The maximum absolute atomic E-state index is 12.9. The van der Waals surface area contributed by atoms with Crippen LogP contribution in [-0.4, -0.2) is 0 Å². The second kappa shape index (κ2) is 5.91. The summed E-state index contributed by atoms with van der Waals surface area (Å²) in [4.78, 5) is 0. The van der Waals surface area contributed by atoms with E-state index in [1.165, 1.54) is 12.1 Å². The Bertz CT molecular complexity index is 575. The largest absolute Gasteiger partial charge is 0.488 e. The van der Waals surface area contributed by atoms with Crippen LogP contribution < -0.4 is 4.74 Å². The summed E-state index contributed by atoms with van der Waals surface area (Å²) < 4.78 is 19.0. The van der Waals surface area contributed by atoms with Gasteiger partial charge in [-0.15, -0.1) is 0 Å². The Kier molecular flexibility index (Phi) is 4.49. The summed E-state index contributed by atoms with van der Waals surface area (Å²) in [6.07, 6.45) is 0. The highest BCUT2D eigenvalue weighted by Crippen LogP contribution is 2.28. The second-order valence-electron chi connectivity index (χ2n) is 3.60. The van der Waals surface area contributed by atoms with Crippen molar-refractivity contribution in [2.75, 3.05) is 0 Å². The molecule has 0 heterocycles. The molecular formula is C13H8BrCl2FO. The van der Waals surface area contributed by atoms with Gasteiger partial charge in [-0.3, -0.25) is 0 Å². The summed E-state index contributed by atoms with van der Waals surface area (Å²) in [6.45, 7) is 0.267. The van der Waals surface area contributed by atoms with Crippen LogP contribution in [0, 0.1) is 5.82 Å². The third kappa shape index (κ3) is 3.37. The Morgan fingerprint density at radius 3 is 2.61 bits per heavy atom. The van der Waals surface area contributed by atoms with Gasteiger partial charge in [0.1, 0.15) is 18.2 Å². The van der Waals surface area contributed by atoms with Gasteiger partial charge in [0, 0.05) is 15.6 Å². The lowest BCUT2D eigenvalue weighted by Crippen LogP contribution is -1.97. The summed E-state index contributed by atoms with van der Waals surface area (Å²) in [7, 11) is 0. The number of rotatable bonds is 3. The molecule has 0 fully saturated rings. The Labute approximate surface area is 123 Å². The predicted molar refractivity (Wildman–Crippen MR) is 74.9 cm³/mol. The fourth-order valence-electron chi connectivity index (χ4n) is 1.40. The Morgan fingerprint density at radius 2 is 1.89 bits per heavy atom. The molecule has 94 valence electrons. The van der Waals surface area contributed by atoms with Gasteiger partial charge in [-0.05, 0) is 52.3 Å². The molecule has 0 aliphatic rings. The standard InChI is InChI=1S/C13H8BrCl2FO/c14-11-6-10(17)2-4-13(11)18-7-8-5-9(15)1-3-12(8)16/h1-6H,7H2. The van der Waals surface area contributed by atoms with E-state index in [4.69, 9.17) is 27.9 Å². The minimum Gasteiger partial charge on any atom is -0.488 e. The number of halogens is 4. The van der Waals surface area contributed by atoms with Crippen LogP contribution in [-0.2, 0) is 6.61 Å². The van der Waals surface area contributed by atoms with Crippen LogP contribution in [0.3, 0.4) is 0 Å². The van der Waals surface area contributed by atoms with E-state index in [9.17, 15) is 4.39 Å². The minimum atomic E-state index is -0.324. The monoisotopic (exact) mass is 348 g/mol. The molecule has 0 amide bonds. The van der Waals surface area contributed by atoms with E-state index in [0.717, 1.165) is 5.56 Å². The van der Waals surface area contributed by atoms with E-state index < -0.39 is 0 Å². The molecule has 0 saturated heterocycles. The van der Waals surface area contributed by atoms with Crippen LogP contribution in [0.25, 0.3) is 0 Å². The third-order valence-corrected chi connectivity index (χ3v) is 3.51. The molecule has 0 N–H and O–H groups in total. The summed E-state index contributed by atoms with van der Waals surface area (Å²) >= 11 is 15.1. The molecule has 18 heavy (non-hydrogen) atoms. The van der Waals surface area contributed by atoms with Gasteiger partial charge in [0.15, 0.2) is 0 Å². The smallest absolute Gasteiger partial charge is 0.134 e. The molecule has 1 nitrogen and oxygen atoms in total. The van der Waals surface area contributed by atoms with Crippen molar-refractivity contribution in [2.45, 2.75) is 6.61 Å². The summed E-state index contributed by atoms with van der Waals surface area (Å²) in [5.41, 5.74) is 0.778. The molecule has 0 saturated carbocycles. The number of hydrogen-bond donors (Lipinski definition) is 0. The molecule has 2 aromatic rings. The predicted octanol–water partition coefficient (Wildman–Crippen LogP) is 5.47. The van der Waals surface area contributed by atoms with Crippen LogP contribution in [0.4, 0.5) is 4.39 Å². The van der Waals surface area contributed by atoms with E-state index in [1.807, 2.05) is 0 Å². The first-order valence-electron chi connectivity index (χ1n) is 5.08. The normalized spacial score (nSPS) is 10.4. The van der Waals surface area contributed by atoms with Gasteiger partial charge in [-0.25, -0.2) is 4.39 Å². The molecule has 5 heteroatoms. The first-order chi connectivity index (χ1) is 8.56. The first-order valence-corrected chi connectivity index (χ1v) is 6.63. The number of hydrogen-bond acceptors (Lipinski definition) is 1. The topological polar surface area (TPSA) is 9.23 Å². The van der Waals surface area contributed by atoms with Crippen LogP contribution in [0.15, 0.2) is 40.9 Å². The quantitative estimate of drug-likeness (QED) is 0.713. The van der Waals surface area contributed by atoms with Gasteiger partial charge in [-0.1, -0.05) is 23.2 Å². The van der Waals surface area contributed by atoms with Crippen LogP contribution in [0.2, 0.25) is 10.0 Å². The molecule has 0 aromatic heterocycles. The van der Waals surface area contributed by atoms with Crippen LogP contribution >= 0.6 is 39.1 Å². The summed E-state index contributed by atoms with van der Waals surface area (Å²) in [5, 5.41) is 1.17. The molecule has 0 bridgehead atoms.